The molecular weight excluding hydrogens is 303 g/mol. The number of alkyl halides is 1. The summed E-state index contributed by atoms with van der Waals surface area (Å²) in [5, 5.41) is 0.881. The third-order valence-electron chi connectivity index (χ3n) is 3.48. The highest BCUT2D eigenvalue weighted by Crippen LogP contribution is 2.25. The highest BCUT2D eigenvalue weighted by Gasteiger charge is 2.13. The fraction of sp³-hybridized carbons (Fsp3) is 0.294. The van der Waals surface area contributed by atoms with Crippen molar-refractivity contribution >= 4 is 15.9 Å². The minimum Gasteiger partial charge on any atom is -0.207 e. The van der Waals surface area contributed by atoms with Crippen LogP contribution in [0.2, 0.25) is 0 Å². The van der Waals surface area contributed by atoms with E-state index >= 15 is 0 Å². The first-order chi connectivity index (χ1) is 9.10. The summed E-state index contributed by atoms with van der Waals surface area (Å²) in [5.41, 5.74) is 4.81. The van der Waals surface area contributed by atoms with Gasteiger partial charge < -0.3 is 0 Å². The molecule has 0 fully saturated rings. The maximum absolute atomic E-state index is 13.4. The molecular formula is C17H18BrF. The largest absolute Gasteiger partial charge is 0.207 e. The Kier molecular flexibility index (Phi) is 4.76. The van der Waals surface area contributed by atoms with E-state index in [-0.39, 0.29) is 5.82 Å². The van der Waals surface area contributed by atoms with Crippen LogP contribution in [-0.4, -0.2) is 5.33 Å². The number of hydrogen-bond acceptors (Lipinski definition) is 0. The maximum atomic E-state index is 13.4. The van der Waals surface area contributed by atoms with Crippen LogP contribution < -0.4 is 0 Å². The SMILES string of the molecule is Cc1cccc(C(CBr)Cc2cc(F)ccc2C)c1. The van der Waals surface area contributed by atoms with Crippen molar-refractivity contribution in [2.24, 2.45) is 0 Å². The summed E-state index contributed by atoms with van der Waals surface area (Å²) >= 11 is 3.58. The van der Waals surface area contributed by atoms with E-state index in [0.29, 0.717) is 5.92 Å². The van der Waals surface area contributed by atoms with Gasteiger partial charge in [-0.3, -0.25) is 0 Å². The van der Waals surface area contributed by atoms with Crippen LogP contribution in [0.5, 0.6) is 0 Å². The third kappa shape index (κ3) is 3.66. The predicted molar refractivity (Wildman–Crippen MR) is 82.6 cm³/mol. The fourth-order valence-electron chi connectivity index (χ4n) is 2.31. The Morgan fingerprint density at radius 1 is 1.11 bits per heavy atom. The lowest BCUT2D eigenvalue weighted by Gasteiger charge is -2.17. The maximum Gasteiger partial charge on any atom is 0.123 e. The molecule has 0 aliphatic rings. The molecule has 100 valence electrons. The zero-order valence-corrected chi connectivity index (χ0v) is 12.9. The van der Waals surface area contributed by atoms with Gasteiger partial charge in [0.25, 0.3) is 0 Å². The van der Waals surface area contributed by atoms with Crippen molar-refractivity contribution in [3.63, 3.8) is 0 Å². The summed E-state index contributed by atoms with van der Waals surface area (Å²) in [6.07, 6.45) is 0.859. The average molecular weight is 321 g/mol. The number of halogens is 2. The topological polar surface area (TPSA) is 0 Å². The van der Waals surface area contributed by atoms with E-state index in [2.05, 4.69) is 47.1 Å². The van der Waals surface area contributed by atoms with Gasteiger partial charge in [-0.15, -0.1) is 0 Å². The van der Waals surface area contributed by atoms with Gasteiger partial charge >= 0.3 is 0 Å². The average Bonchev–Trinajstić information content (AvgIpc) is 2.39. The van der Waals surface area contributed by atoms with Gasteiger partial charge in [0.05, 0.1) is 0 Å². The lowest BCUT2D eigenvalue weighted by atomic mass is 9.91. The molecule has 0 aromatic heterocycles. The second-order valence-corrected chi connectivity index (χ2v) is 5.69. The molecule has 0 spiro atoms. The summed E-state index contributed by atoms with van der Waals surface area (Å²) in [7, 11) is 0. The lowest BCUT2D eigenvalue weighted by Crippen LogP contribution is -2.06. The molecule has 2 aromatic rings. The molecule has 2 rings (SSSR count). The first-order valence-corrected chi connectivity index (χ1v) is 7.60. The Morgan fingerprint density at radius 3 is 2.58 bits per heavy atom. The quantitative estimate of drug-likeness (QED) is 0.682. The zero-order valence-electron chi connectivity index (χ0n) is 11.3. The summed E-state index contributed by atoms with van der Waals surface area (Å²) in [5.74, 6) is 0.221. The summed E-state index contributed by atoms with van der Waals surface area (Å²) in [6.45, 7) is 4.14. The van der Waals surface area contributed by atoms with Gasteiger partial charge in [-0.1, -0.05) is 51.8 Å². The van der Waals surface area contributed by atoms with Crippen molar-refractivity contribution in [2.75, 3.05) is 5.33 Å². The summed E-state index contributed by atoms with van der Waals surface area (Å²) in [6, 6.07) is 13.6. The van der Waals surface area contributed by atoms with Crippen molar-refractivity contribution in [1.82, 2.24) is 0 Å². The van der Waals surface area contributed by atoms with Crippen LogP contribution in [0.15, 0.2) is 42.5 Å². The van der Waals surface area contributed by atoms with Crippen LogP contribution in [0.3, 0.4) is 0 Å². The van der Waals surface area contributed by atoms with Gasteiger partial charge in [0.2, 0.25) is 0 Å². The number of benzene rings is 2. The predicted octanol–water partition coefficient (Wildman–Crippen LogP) is 5.16. The van der Waals surface area contributed by atoms with Crippen LogP contribution in [0.25, 0.3) is 0 Å². The van der Waals surface area contributed by atoms with Crippen molar-refractivity contribution in [1.29, 1.82) is 0 Å². The molecule has 1 atom stereocenters. The molecule has 0 aliphatic heterocycles. The molecule has 0 heterocycles. The Morgan fingerprint density at radius 2 is 1.89 bits per heavy atom. The minimum atomic E-state index is -0.154. The number of rotatable bonds is 4. The first-order valence-electron chi connectivity index (χ1n) is 6.47. The van der Waals surface area contributed by atoms with E-state index in [1.54, 1.807) is 6.07 Å². The van der Waals surface area contributed by atoms with Crippen molar-refractivity contribution in [2.45, 2.75) is 26.2 Å². The van der Waals surface area contributed by atoms with Gasteiger partial charge in [-0.05, 0) is 55.0 Å². The molecule has 0 saturated carbocycles. The van der Waals surface area contributed by atoms with E-state index in [0.717, 1.165) is 22.9 Å². The Bertz CT molecular complexity index is 563. The standard InChI is InChI=1S/C17H18BrF/c1-12-4-3-5-14(8-12)16(11-18)9-15-10-17(19)7-6-13(15)2/h3-8,10,16H,9,11H2,1-2H3. The molecule has 0 N–H and O–H groups in total. The van der Waals surface area contributed by atoms with Crippen molar-refractivity contribution in [3.8, 4) is 0 Å². The van der Waals surface area contributed by atoms with Crippen LogP contribution in [0.1, 0.15) is 28.2 Å². The van der Waals surface area contributed by atoms with Crippen molar-refractivity contribution in [3.05, 3.63) is 70.5 Å². The number of aryl methyl sites for hydroxylation is 2. The molecule has 1 unspecified atom stereocenters. The molecule has 2 aromatic carbocycles. The Hall–Kier alpha value is -1.15. The fourth-order valence-corrected chi connectivity index (χ4v) is 2.91. The summed E-state index contributed by atoms with van der Waals surface area (Å²) in [4.78, 5) is 0. The van der Waals surface area contributed by atoms with Gasteiger partial charge in [0.1, 0.15) is 5.82 Å². The van der Waals surface area contributed by atoms with E-state index in [9.17, 15) is 4.39 Å². The van der Waals surface area contributed by atoms with E-state index < -0.39 is 0 Å². The van der Waals surface area contributed by atoms with E-state index in [4.69, 9.17) is 0 Å². The molecule has 0 radical (unpaired) electrons. The molecule has 2 heteroatoms. The molecule has 19 heavy (non-hydrogen) atoms. The smallest absolute Gasteiger partial charge is 0.123 e. The normalized spacial score (nSPS) is 12.4. The molecule has 0 saturated heterocycles. The van der Waals surface area contributed by atoms with E-state index in [1.807, 2.05) is 13.0 Å². The van der Waals surface area contributed by atoms with Gasteiger partial charge in [0, 0.05) is 5.33 Å². The lowest BCUT2D eigenvalue weighted by molar-refractivity contribution is 0.622. The van der Waals surface area contributed by atoms with Crippen LogP contribution in [0.4, 0.5) is 4.39 Å². The van der Waals surface area contributed by atoms with Gasteiger partial charge in [-0.25, -0.2) is 4.39 Å². The minimum absolute atomic E-state index is 0.154. The van der Waals surface area contributed by atoms with Crippen LogP contribution in [0, 0.1) is 19.7 Å². The Labute approximate surface area is 122 Å². The monoisotopic (exact) mass is 320 g/mol. The van der Waals surface area contributed by atoms with E-state index in [1.165, 1.54) is 17.2 Å². The van der Waals surface area contributed by atoms with Crippen molar-refractivity contribution < 1.29 is 4.39 Å². The van der Waals surface area contributed by atoms with Crippen LogP contribution >= 0.6 is 15.9 Å². The molecule has 0 aliphatic carbocycles. The van der Waals surface area contributed by atoms with Gasteiger partial charge in [-0.2, -0.15) is 0 Å². The third-order valence-corrected chi connectivity index (χ3v) is 4.26. The second kappa shape index (κ2) is 6.33. The molecule has 0 nitrogen and oxygen atoms in total. The number of hydrogen-bond donors (Lipinski definition) is 0. The first kappa shape index (κ1) is 14.3. The molecule has 0 bridgehead atoms. The zero-order chi connectivity index (χ0) is 13.8. The van der Waals surface area contributed by atoms with Crippen LogP contribution in [-0.2, 0) is 6.42 Å². The Balaban J connectivity index is 2.26. The highest BCUT2D eigenvalue weighted by atomic mass is 79.9. The molecule has 0 amide bonds. The second-order valence-electron chi connectivity index (χ2n) is 5.04. The summed E-state index contributed by atoms with van der Waals surface area (Å²) < 4.78 is 13.4. The van der Waals surface area contributed by atoms with Gasteiger partial charge in [0.15, 0.2) is 0 Å². The highest BCUT2D eigenvalue weighted by molar-refractivity contribution is 9.09.